The van der Waals surface area contributed by atoms with E-state index in [2.05, 4.69) is 15.5 Å². The van der Waals surface area contributed by atoms with Gasteiger partial charge in [0.25, 0.3) is 0 Å². The molecule has 0 amide bonds. The van der Waals surface area contributed by atoms with Crippen LogP contribution in [0.5, 0.6) is 0 Å². The van der Waals surface area contributed by atoms with Crippen LogP contribution >= 0.6 is 11.3 Å². The quantitative estimate of drug-likeness (QED) is 0.894. The van der Waals surface area contributed by atoms with Gasteiger partial charge in [-0.25, -0.2) is 4.68 Å². The van der Waals surface area contributed by atoms with E-state index >= 15 is 0 Å². The fourth-order valence-electron chi connectivity index (χ4n) is 1.57. The summed E-state index contributed by atoms with van der Waals surface area (Å²) in [7, 11) is 0. The van der Waals surface area contributed by atoms with Crippen molar-refractivity contribution in [2.24, 2.45) is 5.41 Å². The predicted molar refractivity (Wildman–Crippen MR) is 67.2 cm³/mol. The number of carbonyl (C=O) groups is 1. The average molecular weight is 266 g/mol. The molecule has 2 rings (SSSR count). The maximum absolute atomic E-state index is 11.3. The lowest BCUT2D eigenvalue weighted by atomic mass is 9.88. The molecule has 2 aromatic heterocycles. The minimum absolute atomic E-state index is 0.261. The summed E-state index contributed by atoms with van der Waals surface area (Å²) < 4.78 is 1.56. The van der Waals surface area contributed by atoms with Crippen molar-refractivity contribution in [2.75, 3.05) is 0 Å². The Labute approximate surface area is 108 Å². The summed E-state index contributed by atoms with van der Waals surface area (Å²) in [5, 5.41) is 24.6. The van der Waals surface area contributed by atoms with Crippen LogP contribution < -0.4 is 0 Å². The monoisotopic (exact) mass is 266 g/mol. The third-order valence-electron chi connectivity index (χ3n) is 3.11. The van der Waals surface area contributed by atoms with Crippen LogP contribution in [0.15, 0.2) is 16.8 Å². The molecule has 0 aliphatic heterocycles. The number of rotatable bonds is 5. The van der Waals surface area contributed by atoms with E-state index in [0.29, 0.717) is 12.2 Å². The Balaban J connectivity index is 2.31. The van der Waals surface area contributed by atoms with E-state index in [1.807, 2.05) is 23.8 Å². The van der Waals surface area contributed by atoms with Gasteiger partial charge >= 0.3 is 5.97 Å². The summed E-state index contributed by atoms with van der Waals surface area (Å²) in [6.45, 7) is 3.81. The zero-order chi connectivity index (χ0) is 13.2. The first-order valence-corrected chi connectivity index (χ1v) is 6.53. The Bertz CT molecular complexity index is 537. The first kappa shape index (κ1) is 12.7. The fraction of sp³-hybridized carbons (Fsp3) is 0.455. The molecule has 18 heavy (non-hydrogen) atoms. The van der Waals surface area contributed by atoms with Crippen molar-refractivity contribution in [2.45, 2.75) is 26.8 Å². The van der Waals surface area contributed by atoms with Crippen LogP contribution in [0, 0.1) is 5.41 Å². The van der Waals surface area contributed by atoms with Gasteiger partial charge in [0.2, 0.25) is 0 Å². The smallest absolute Gasteiger partial charge is 0.311 e. The van der Waals surface area contributed by atoms with E-state index in [-0.39, 0.29) is 6.54 Å². The van der Waals surface area contributed by atoms with E-state index < -0.39 is 11.4 Å². The van der Waals surface area contributed by atoms with Crippen molar-refractivity contribution in [3.63, 3.8) is 0 Å². The van der Waals surface area contributed by atoms with E-state index in [1.165, 1.54) is 0 Å². The zero-order valence-electron chi connectivity index (χ0n) is 10.2. The normalized spacial score (nSPS) is 14.3. The van der Waals surface area contributed by atoms with Crippen LogP contribution in [-0.4, -0.2) is 31.3 Å². The molecule has 2 aromatic rings. The Hall–Kier alpha value is -1.76. The highest BCUT2D eigenvalue weighted by Crippen LogP contribution is 2.26. The van der Waals surface area contributed by atoms with Crippen molar-refractivity contribution >= 4 is 17.3 Å². The molecule has 2 heterocycles. The second-order valence-electron chi connectivity index (χ2n) is 4.39. The summed E-state index contributed by atoms with van der Waals surface area (Å²) in [5.74, 6) is -0.228. The molecule has 96 valence electrons. The number of aliphatic carboxylic acids is 1. The molecule has 6 nitrogen and oxygen atoms in total. The van der Waals surface area contributed by atoms with Crippen molar-refractivity contribution in [1.29, 1.82) is 0 Å². The summed E-state index contributed by atoms with van der Waals surface area (Å²) in [6.07, 6.45) is 0.519. The Morgan fingerprint density at radius 1 is 1.61 bits per heavy atom. The summed E-state index contributed by atoms with van der Waals surface area (Å²) in [5.41, 5.74) is 0.0500. The lowest BCUT2D eigenvalue weighted by Crippen LogP contribution is -2.32. The highest BCUT2D eigenvalue weighted by Gasteiger charge is 2.33. The van der Waals surface area contributed by atoms with Crippen molar-refractivity contribution in [1.82, 2.24) is 20.2 Å². The summed E-state index contributed by atoms with van der Waals surface area (Å²) in [6, 6.07) is 1.91. The molecule has 1 N–H and O–H groups in total. The van der Waals surface area contributed by atoms with E-state index in [4.69, 9.17) is 0 Å². The van der Waals surface area contributed by atoms with Crippen LogP contribution in [0.3, 0.4) is 0 Å². The maximum atomic E-state index is 11.3. The molecule has 0 fully saturated rings. The largest absolute Gasteiger partial charge is 0.481 e. The molecule has 0 saturated heterocycles. The maximum Gasteiger partial charge on any atom is 0.311 e. The zero-order valence-corrected chi connectivity index (χ0v) is 11.0. The van der Waals surface area contributed by atoms with Gasteiger partial charge in [-0.15, -0.1) is 5.10 Å². The molecular weight excluding hydrogens is 252 g/mol. The SMILES string of the molecule is CCC(C)(Cn1nnnc1-c1ccsc1)C(=O)O. The van der Waals surface area contributed by atoms with E-state index in [9.17, 15) is 9.90 Å². The Kier molecular flexibility index (Phi) is 3.42. The van der Waals surface area contributed by atoms with Crippen molar-refractivity contribution < 1.29 is 9.90 Å². The van der Waals surface area contributed by atoms with Gasteiger partial charge in [0.15, 0.2) is 5.82 Å². The number of nitrogens with zero attached hydrogens (tertiary/aromatic N) is 4. The predicted octanol–water partition coefficient (Wildman–Crippen LogP) is 1.90. The Morgan fingerprint density at radius 3 is 2.94 bits per heavy atom. The second kappa shape index (κ2) is 4.85. The molecule has 1 unspecified atom stereocenters. The number of carboxylic acids is 1. The van der Waals surface area contributed by atoms with Crippen molar-refractivity contribution in [3.8, 4) is 11.4 Å². The topological polar surface area (TPSA) is 80.9 Å². The van der Waals surface area contributed by atoms with Gasteiger partial charge in [0.1, 0.15) is 0 Å². The standard InChI is InChI=1S/C11H14N4O2S/c1-3-11(2,10(16)17)7-15-9(12-13-14-15)8-4-5-18-6-8/h4-6H,3,7H2,1-2H3,(H,16,17). The molecule has 0 saturated carbocycles. The van der Waals surface area contributed by atoms with Gasteiger partial charge in [-0.2, -0.15) is 11.3 Å². The minimum atomic E-state index is -0.861. The van der Waals surface area contributed by atoms with Crippen LogP contribution in [0.25, 0.3) is 11.4 Å². The van der Waals surface area contributed by atoms with Gasteiger partial charge in [0, 0.05) is 10.9 Å². The average Bonchev–Trinajstić information content (AvgIpc) is 2.98. The summed E-state index contributed by atoms with van der Waals surface area (Å²) >= 11 is 1.55. The van der Waals surface area contributed by atoms with Crippen LogP contribution in [0.2, 0.25) is 0 Å². The first-order chi connectivity index (χ1) is 8.57. The van der Waals surface area contributed by atoms with Crippen LogP contribution in [0.4, 0.5) is 0 Å². The highest BCUT2D eigenvalue weighted by atomic mass is 32.1. The number of thiophene rings is 1. The van der Waals surface area contributed by atoms with Gasteiger partial charge in [0.05, 0.1) is 12.0 Å². The van der Waals surface area contributed by atoms with Gasteiger partial charge in [-0.1, -0.05) is 6.92 Å². The summed E-state index contributed by atoms with van der Waals surface area (Å²) in [4.78, 5) is 11.3. The lowest BCUT2D eigenvalue weighted by Gasteiger charge is -2.22. The van der Waals surface area contributed by atoms with Gasteiger partial charge < -0.3 is 5.11 Å². The molecule has 0 aliphatic rings. The molecular formula is C11H14N4O2S. The third-order valence-corrected chi connectivity index (χ3v) is 3.79. The molecule has 7 heteroatoms. The Morgan fingerprint density at radius 2 is 2.39 bits per heavy atom. The molecule has 0 aliphatic carbocycles. The minimum Gasteiger partial charge on any atom is -0.481 e. The number of aromatic nitrogens is 4. The van der Waals surface area contributed by atoms with Gasteiger partial charge in [-0.05, 0) is 35.2 Å². The second-order valence-corrected chi connectivity index (χ2v) is 5.17. The number of carboxylic acid groups (broad SMARTS) is 1. The lowest BCUT2D eigenvalue weighted by molar-refractivity contribution is -0.149. The van der Waals surface area contributed by atoms with Crippen LogP contribution in [0.1, 0.15) is 20.3 Å². The fourth-order valence-corrected chi connectivity index (χ4v) is 2.21. The molecule has 0 spiro atoms. The first-order valence-electron chi connectivity index (χ1n) is 5.59. The van der Waals surface area contributed by atoms with Crippen molar-refractivity contribution in [3.05, 3.63) is 16.8 Å². The number of hydrogen-bond acceptors (Lipinski definition) is 5. The molecule has 1 atom stereocenters. The van der Waals surface area contributed by atoms with E-state index in [1.54, 1.807) is 22.9 Å². The van der Waals surface area contributed by atoms with E-state index in [0.717, 1.165) is 5.56 Å². The molecule has 0 aromatic carbocycles. The third kappa shape index (κ3) is 2.26. The van der Waals surface area contributed by atoms with Crippen LogP contribution in [-0.2, 0) is 11.3 Å². The van der Waals surface area contributed by atoms with Gasteiger partial charge in [-0.3, -0.25) is 4.79 Å². The highest BCUT2D eigenvalue weighted by molar-refractivity contribution is 7.08. The number of hydrogen-bond donors (Lipinski definition) is 1. The number of tetrazole rings is 1. The molecule has 0 radical (unpaired) electrons. The molecule has 0 bridgehead atoms.